The van der Waals surface area contributed by atoms with Gasteiger partial charge in [0.1, 0.15) is 5.54 Å². The number of nitrogens with one attached hydrogen (secondary N) is 2. The van der Waals surface area contributed by atoms with Crippen LogP contribution in [0.4, 0.5) is 0 Å². The van der Waals surface area contributed by atoms with Gasteiger partial charge in [0.15, 0.2) is 0 Å². The molecular weight excluding hydrogens is 321 g/mol. The number of hydrogen-bond donors (Lipinski definition) is 2. The molecule has 1 amide bonds. The Morgan fingerprint density at radius 2 is 1.85 bits per heavy atom. The minimum atomic E-state index is -0.751. The molecule has 0 spiro atoms. The van der Waals surface area contributed by atoms with Crippen LogP contribution in [0.2, 0.25) is 5.02 Å². The van der Waals surface area contributed by atoms with Crippen LogP contribution >= 0.6 is 35.2 Å². The molecule has 1 aromatic carbocycles. The van der Waals surface area contributed by atoms with Crippen molar-refractivity contribution in [1.29, 1.82) is 0 Å². The molecule has 1 aliphatic heterocycles. The predicted octanol–water partition coefficient (Wildman–Crippen LogP) is 2.69. The Morgan fingerprint density at radius 3 is 2.40 bits per heavy atom. The summed E-state index contributed by atoms with van der Waals surface area (Å²) in [6.07, 6.45) is 1.15. The maximum absolute atomic E-state index is 12.4. The third-order valence-electron chi connectivity index (χ3n) is 3.54. The topological polar surface area (TPSA) is 44.4 Å². The third kappa shape index (κ3) is 3.77. The summed E-state index contributed by atoms with van der Waals surface area (Å²) in [5.74, 6) is -0.104. The molecule has 0 saturated carbocycles. The molecule has 0 radical (unpaired) electrons. The van der Waals surface area contributed by atoms with Gasteiger partial charge in [-0.05, 0) is 54.1 Å². The van der Waals surface area contributed by atoms with E-state index in [9.17, 15) is 4.79 Å². The van der Waals surface area contributed by atoms with Crippen LogP contribution in [0.3, 0.4) is 0 Å². The lowest BCUT2D eigenvalue weighted by atomic mass is 9.88. The number of benzene rings is 1. The molecule has 0 aromatic heterocycles. The number of carbonyl (C=O) groups excluding carboxylic acids is 1. The molecule has 2 rings (SSSR count). The number of hydrogen-bond acceptors (Lipinski definition) is 3. The monoisotopic (exact) mass is 335 g/mol. The second kappa shape index (κ2) is 6.96. The lowest BCUT2D eigenvalue weighted by Gasteiger charge is -2.36. The van der Waals surface area contributed by atoms with Crippen molar-refractivity contribution in [1.82, 2.24) is 14.6 Å². The first-order chi connectivity index (χ1) is 9.55. The summed E-state index contributed by atoms with van der Waals surface area (Å²) in [6, 6.07) is 7.35. The van der Waals surface area contributed by atoms with Crippen molar-refractivity contribution in [3.63, 3.8) is 0 Å². The first-order valence-corrected chi connectivity index (χ1v) is 7.46. The molecule has 0 aliphatic carbocycles. The summed E-state index contributed by atoms with van der Waals surface area (Å²) in [7, 11) is 0. The molecule has 7 heteroatoms. The molecule has 1 fully saturated rings. The fourth-order valence-electron chi connectivity index (χ4n) is 2.18. The second-order valence-corrected chi connectivity index (χ2v) is 6.00. The Morgan fingerprint density at radius 1 is 1.25 bits per heavy atom. The van der Waals surface area contributed by atoms with Gasteiger partial charge in [-0.25, -0.2) is 9.25 Å². The molecule has 1 aromatic rings. The van der Waals surface area contributed by atoms with Crippen LogP contribution in [0.25, 0.3) is 0 Å². The third-order valence-corrected chi connectivity index (χ3v) is 4.50. The van der Waals surface area contributed by atoms with Crippen LogP contribution in [0.5, 0.6) is 0 Å². The largest absolute Gasteiger partial charge is 0.350 e. The van der Waals surface area contributed by atoms with Gasteiger partial charge in [0.05, 0.1) is 0 Å². The number of rotatable bonds is 4. The average molecular weight is 337 g/mol. The zero-order valence-electron chi connectivity index (χ0n) is 10.8. The fourth-order valence-corrected chi connectivity index (χ4v) is 2.75. The Labute approximate surface area is 133 Å². The fraction of sp³-hybridized carbons (Fsp3) is 0.462. The van der Waals surface area contributed by atoms with Gasteiger partial charge >= 0.3 is 0 Å². The smallest absolute Gasteiger partial charge is 0.241 e. The highest BCUT2D eigenvalue weighted by atomic mass is 35.5. The number of carbonyl (C=O) groups is 1. The molecule has 0 atom stereocenters. The van der Waals surface area contributed by atoms with Crippen LogP contribution in [0, 0.1) is 0 Å². The van der Waals surface area contributed by atoms with Gasteiger partial charge in [-0.2, -0.15) is 0 Å². The van der Waals surface area contributed by atoms with Crippen LogP contribution in [0.15, 0.2) is 24.3 Å². The van der Waals surface area contributed by atoms with Gasteiger partial charge in [-0.15, -0.1) is 0 Å². The van der Waals surface area contributed by atoms with Gasteiger partial charge in [0, 0.05) is 24.7 Å². The molecule has 1 saturated heterocycles. The van der Waals surface area contributed by atoms with E-state index in [1.165, 1.54) is 0 Å². The summed E-state index contributed by atoms with van der Waals surface area (Å²) in [6.45, 7) is 1.69. The van der Waals surface area contributed by atoms with E-state index in [4.69, 9.17) is 35.2 Å². The molecule has 20 heavy (non-hydrogen) atoms. The Balaban J connectivity index is 1.94. The van der Waals surface area contributed by atoms with Crippen LogP contribution in [0.1, 0.15) is 18.4 Å². The van der Waals surface area contributed by atoms with Crippen molar-refractivity contribution in [2.45, 2.75) is 24.9 Å². The minimum absolute atomic E-state index is 0.104. The van der Waals surface area contributed by atoms with Gasteiger partial charge in [0.25, 0.3) is 0 Å². The molecule has 2 N–H and O–H groups in total. The van der Waals surface area contributed by atoms with Crippen molar-refractivity contribution in [3.05, 3.63) is 34.9 Å². The molecule has 0 unspecified atom stereocenters. The summed E-state index contributed by atoms with van der Waals surface area (Å²) >= 11 is 17.5. The van der Waals surface area contributed by atoms with E-state index < -0.39 is 5.54 Å². The summed E-state index contributed by atoms with van der Waals surface area (Å²) in [5, 5.41) is 3.58. The van der Waals surface area contributed by atoms with Gasteiger partial charge in [-0.1, -0.05) is 23.7 Å². The van der Waals surface area contributed by atoms with E-state index in [2.05, 4.69) is 10.2 Å². The van der Waals surface area contributed by atoms with E-state index in [1.54, 1.807) is 16.6 Å². The van der Waals surface area contributed by atoms with Crippen molar-refractivity contribution in [2.24, 2.45) is 0 Å². The molecule has 4 nitrogen and oxygen atoms in total. The minimum Gasteiger partial charge on any atom is -0.350 e. The SMILES string of the molecule is O=C(NCc1ccc(Cl)cc1)C1(NCl)CCN(Cl)CC1. The van der Waals surface area contributed by atoms with E-state index in [0.29, 0.717) is 37.5 Å². The Kier molecular flexibility index (Phi) is 5.52. The van der Waals surface area contributed by atoms with Gasteiger partial charge in [-0.3, -0.25) is 4.79 Å². The number of nitrogens with zero attached hydrogens (tertiary/aromatic N) is 1. The standard InChI is InChI=1S/C13H16Cl3N3O/c14-11-3-1-10(2-4-11)9-17-12(20)13(18-15)5-7-19(16)8-6-13/h1-4,18H,5-9H2,(H,17,20). The summed E-state index contributed by atoms with van der Waals surface area (Å²) < 4.78 is 1.67. The highest BCUT2D eigenvalue weighted by Crippen LogP contribution is 2.24. The maximum Gasteiger partial charge on any atom is 0.241 e. The molecule has 110 valence electrons. The van der Waals surface area contributed by atoms with Crippen LogP contribution in [-0.4, -0.2) is 29.0 Å². The second-order valence-electron chi connectivity index (χ2n) is 4.90. The van der Waals surface area contributed by atoms with Crippen LogP contribution in [-0.2, 0) is 11.3 Å². The zero-order chi connectivity index (χ0) is 14.6. The van der Waals surface area contributed by atoms with Crippen molar-refractivity contribution in [2.75, 3.05) is 13.1 Å². The highest BCUT2D eigenvalue weighted by Gasteiger charge is 2.40. The van der Waals surface area contributed by atoms with E-state index >= 15 is 0 Å². The Hall–Kier alpha value is -0.520. The van der Waals surface area contributed by atoms with E-state index in [0.717, 1.165) is 5.56 Å². The lowest BCUT2D eigenvalue weighted by molar-refractivity contribution is -0.128. The van der Waals surface area contributed by atoms with E-state index in [-0.39, 0.29) is 5.91 Å². The molecular formula is C13H16Cl3N3O. The maximum atomic E-state index is 12.4. The molecule has 1 aliphatic rings. The van der Waals surface area contributed by atoms with Crippen LogP contribution < -0.4 is 10.2 Å². The first kappa shape index (κ1) is 15.9. The zero-order valence-corrected chi connectivity index (χ0v) is 13.1. The lowest BCUT2D eigenvalue weighted by Crippen LogP contribution is -2.58. The normalized spacial score (nSPS) is 18.8. The average Bonchev–Trinajstić information content (AvgIpc) is 2.47. The number of piperidine rings is 1. The van der Waals surface area contributed by atoms with Gasteiger partial charge in [0.2, 0.25) is 5.91 Å². The van der Waals surface area contributed by atoms with E-state index in [1.807, 2.05) is 12.1 Å². The quantitative estimate of drug-likeness (QED) is 0.831. The number of halogens is 3. The molecule has 1 heterocycles. The number of amides is 1. The first-order valence-electron chi connectivity index (χ1n) is 6.37. The van der Waals surface area contributed by atoms with Crippen molar-refractivity contribution >= 4 is 41.1 Å². The van der Waals surface area contributed by atoms with Crippen molar-refractivity contribution in [3.8, 4) is 0 Å². The summed E-state index contributed by atoms with van der Waals surface area (Å²) in [5.41, 5.74) is 0.238. The predicted molar refractivity (Wildman–Crippen MR) is 81.7 cm³/mol. The Bertz CT molecular complexity index is 458. The summed E-state index contributed by atoms with van der Waals surface area (Å²) in [4.78, 5) is 15.0. The molecule has 0 bridgehead atoms. The van der Waals surface area contributed by atoms with Crippen molar-refractivity contribution < 1.29 is 4.79 Å². The van der Waals surface area contributed by atoms with Gasteiger partial charge < -0.3 is 5.32 Å². The highest BCUT2D eigenvalue weighted by molar-refractivity contribution is 6.30.